The molecule has 0 aliphatic rings. The van der Waals surface area contributed by atoms with Gasteiger partial charge in [-0.25, -0.2) is 4.98 Å². The lowest BCUT2D eigenvalue weighted by atomic mass is 10.1. The largest absolute Gasteiger partial charge is 0.345 e. The van der Waals surface area contributed by atoms with Gasteiger partial charge in [-0.05, 0) is 33.6 Å². The predicted octanol–water partition coefficient (Wildman–Crippen LogP) is 2.71. The molecule has 1 aromatic rings. The molecule has 0 aliphatic heterocycles. The van der Waals surface area contributed by atoms with Crippen molar-refractivity contribution in [2.45, 2.75) is 46.1 Å². The van der Waals surface area contributed by atoms with Crippen molar-refractivity contribution in [1.82, 2.24) is 10.3 Å². The quantitative estimate of drug-likeness (QED) is 0.873. The molecule has 3 N–H and O–H groups in total. The van der Waals surface area contributed by atoms with E-state index in [0.29, 0.717) is 11.4 Å². The maximum atomic E-state index is 12.1. The average Bonchev–Trinajstić information content (AvgIpc) is 2.60. The zero-order valence-electron chi connectivity index (χ0n) is 11.8. The Balaban J connectivity index is 0. The van der Waals surface area contributed by atoms with Gasteiger partial charge in [0.1, 0.15) is 4.88 Å². The number of hydrogen-bond acceptors (Lipinski definition) is 4. The molecule has 7 heteroatoms. The van der Waals surface area contributed by atoms with Crippen molar-refractivity contribution in [3.05, 3.63) is 15.6 Å². The summed E-state index contributed by atoms with van der Waals surface area (Å²) in [6, 6.07) is 0. The SMILES string of the molecule is CCCc1nc(C)c(C(=O)NC(C)(C)CN)s1.Cl.Cl. The summed E-state index contributed by atoms with van der Waals surface area (Å²) in [6.07, 6.45) is 1.97. The summed E-state index contributed by atoms with van der Waals surface area (Å²) in [4.78, 5) is 17.2. The summed E-state index contributed by atoms with van der Waals surface area (Å²) in [6.45, 7) is 8.22. The first-order chi connectivity index (χ1) is 7.89. The number of amides is 1. The minimum absolute atomic E-state index is 0. The van der Waals surface area contributed by atoms with Gasteiger partial charge in [-0.2, -0.15) is 0 Å². The Bertz CT molecular complexity index is 408. The first-order valence-corrected chi connectivity index (χ1v) is 6.70. The zero-order valence-corrected chi connectivity index (χ0v) is 14.2. The number of halogens is 2. The van der Waals surface area contributed by atoms with Crippen LogP contribution in [0.2, 0.25) is 0 Å². The van der Waals surface area contributed by atoms with Crippen LogP contribution in [0.15, 0.2) is 0 Å². The normalized spacial score (nSPS) is 10.4. The molecule has 0 fully saturated rings. The van der Waals surface area contributed by atoms with Crippen LogP contribution in [0.1, 0.15) is 47.6 Å². The van der Waals surface area contributed by atoms with Gasteiger partial charge in [0, 0.05) is 12.1 Å². The summed E-state index contributed by atoms with van der Waals surface area (Å²) >= 11 is 1.48. The van der Waals surface area contributed by atoms with Crippen LogP contribution in [0.5, 0.6) is 0 Å². The maximum absolute atomic E-state index is 12.1. The molecule has 0 unspecified atom stereocenters. The van der Waals surface area contributed by atoms with Crippen LogP contribution in [0.25, 0.3) is 0 Å². The lowest BCUT2D eigenvalue weighted by Crippen LogP contribution is -2.48. The molecule has 0 spiro atoms. The lowest BCUT2D eigenvalue weighted by molar-refractivity contribution is 0.0919. The summed E-state index contributed by atoms with van der Waals surface area (Å²) in [5, 5.41) is 3.95. The number of nitrogens with zero attached hydrogens (tertiary/aromatic N) is 1. The highest BCUT2D eigenvalue weighted by atomic mass is 35.5. The number of nitrogens with two attached hydrogens (primary N) is 1. The van der Waals surface area contributed by atoms with E-state index in [1.807, 2.05) is 20.8 Å². The Morgan fingerprint density at radius 1 is 1.42 bits per heavy atom. The van der Waals surface area contributed by atoms with Crippen molar-refractivity contribution < 1.29 is 4.79 Å². The second-order valence-corrected chi connectivity index (χ2v) is 5.90. The third kappa shape index (κ3) is 6.08. The van der Waals surface area contributed by atoms with Crippen LogP contribution < -0.4 is 11.1 Å². The Labute approximate surface area is 131 Å². The molecular weight excluding hydrogens is 305 g/mol. The van der Waals surface area contributed by atoms with Crippen LogP contribution in [-0.2, 0) is 6.42 Å². The number of carbonyl (C=O) groups excluding carboxylic acids is 1. The van der Waals surface area contributed by atoms with Crippen molar-refractivity contribution in [3.8, 4) is 0 Å². The Morgan fingerprint density at radius 3 is 2.47 bits per heavy atom. The summed E-state index contributed by atoms with van der Waals surface area (Å²) in [5.41, 5.74) is 6.03. The molecule has 1 amide bonds. The number of hydrogen-bond donors (Lipinski definition) is 2. The van der Waals surface area contributed by atoms with Crippen molar-refractivity contribution in [2.75, 3.05) is 6.54 Å². The van der Waals surface area contributed by atoms with Gasteiger partial charge < -0.3 is 11.1 Å². The molecule has 0 saturated carbocycles. The molecule has 0 radical (unpaired) electrons. The topological polar surface area (TPSA) is 68.0 Å². The predicted molar refractivity (Wildman–Crippen MR) is 85.9 cm³/mol. The highest BCUT2D eigenvalue weighted by Gasteiger charge is 2.22. The fraction of sp³-hybridized carbons (Fsp3) is 0.667. The van der Waals surface area contributed by atoms with Crippen molar-refractivity contribution in [2.24, 2.45) is 5.73 Å². The van der Waals surface area contributed by atoms with Gasteiger partial charge in [0.15, 0.2) is 0 Å². The molecule has 1 aromatic heterocycles. The van der Waals surface area contributed by atoms with E-state index < -0.39 is 0 Å². The number of thiazole rings is 1. The first-order valence-electron chi connectivity index (χ1n) is 5.88. The lowest BCUT2D eigenvalue weighted by Gasteiger charge is -2.23. The minimum atomic E-state index is -0.377. The minimum Gasteiger partial charge on any atom is -0.345 e. The smallest absolute Gasteiger partial charge is 0.263 e. The highest BCUT2D eigenvalue weighted by Crippen LogP contribution is 2.20. The Morgan fingerprint density at radius 2 is 2.00 bits per heavy atom. The zero-order chi connectivity index (χ0) is 13.1. The molecule has 19 heavy (non-hydrogen) atoms. The molecule has 1 heterocycles. The van der Waals surface area contributed by atoms with E-state index in [0.717, 1.165) is 23.5 Å². The van der Waals surface area contributed by atoms with Gasteiger partial charge in [0.25, 0.3) is 5.91 Å². The third-order valence-corrected chi connectivity index (χ3v) is 3.69. The Kier molecular flexibility index (Phi) is 9.64. The molecule has 1 rings (SSSR count). The number of aromatic nitrogens is 1. The summed E-state index contributed by atoms with van der Waals surface area (Å²) in [7, 11) is 0. The fourth-order valence-corrected chi connectivity index (χ4v) is 2.46. The van der Waals surface area contributed by atoms with E-state index in [-0.39, 0.29) is 36.3 Å². The summed E-state index contributed by atoms with van der Waals surface area (Å²) in [5.74, 6) is -0.0715. The van der Waals surface area contributed by atoms with Gasteiger partial charge >= 0.3 is 0 Å². The molecular formula is C12H23Cl2N3OS. The number of rotatable bonds is 5. The van der Waals surface area contributed by atoms with Crippen molar-refractivity contribution >= 4 is 42.1 Å². The third-order valence-electron chi connectivity index (χ3n) is 2.47. The molecule has 112 valence electrons. The van der Waals surface area contributed by atoms with Crippen LogP contribution in [0.3, 0.4) is 0 Å². The van der Waals surface area contributed by atoms with Gasteiger partial charge in [0.2, 0.25) is 0 Å². The van der Waals surface area contributed by atoms with Crippen molar-refractivity contribution in [1.29, 1.82) is 0 Å². The van der Waals surface area contributed by atoms with Crippen LogP contribution in [0, 0.1) is 6.92 Å². The number of aryl methyl sites for hydroxylation is 2. The standard InChI is InChI=1S/C12H21N3OS.2ClH/c1-5-6-9-14-8(2)10(17-9)11(16)15-12(3,4)7-13;;/h5-7,13H2,1-4H3,(H,15,16);2*1H. The molecule has 0 aromatic carbocycles. The van der Waals surface area contributed by atoms with E-state index in [4.69, 9.17) is 5.73 Å². The molecule has 0 aliphatic carbocycles. The molecule has 0 saturated heterocycles. The first kappa shape index (κ1) is 20.9. The fourth-order valence-electron chi connectivity index (χ4n) is 1.40. The molecule has 0 atom stereocenters. The van der Waals surface area contributed by atoms with Crippen LogP contribution in [-0.4, -0.2) is 23.0 Å². The van der Waals surface area contributed by atoms with E-state index in [9.17, 15) is 4.79 Å². The number of nitrogens with one attached hydrogen (secondary N) is 1. The molecule has 0 bridgehead atoms. The van der Waals surface area contributed by atoms with E-state index in [2.05, 4.69) is 17.2 Å². The van der Waals surface area contributed by atoms with E-state index in [1.165, 1.54) is 11.3 Å². The maximum Gasteiger partial charge on any atom is 0.263 e. The summed E-state index contributed by atoms with van der Waals surface area (Å²) < 4.78 is 0. The van der Waals surface area contributed by atoms with Crippen molar-refractivity contribution in [3.63, 3.8) is 0 Å². The highest BCUT2D eigenvalue weighted by molar-refractivity contribution is 7.13. The van der Waals surface area contributed by atoms with Crippen LogP contribution in [0.4, 0.5) is 0 Å². The molecule has 4 nitrogen and oxygen atoms in total. The monoisotopic (exact) mass is 327 g/mol. The van der Waals surface area contributed by atoms with Gasteiger partial charge in [-0.3, -0.25) is 4.79 Å². The average molecular weight is 328 g/mol. The second-order valence-electron chi connectivity index (χ2n) is 4.81. The number of carbonyl (C=O) groups is 1. The van der Waals surface area contributed by atoms with Gasteiger partial charge in [-0.1, -0.05) is 6.92 Å². The van der Waals surface area contributed by atoms with E-state index in [1.54, 1.807) is 0 Å². The van der Waals surface area contributed by atoms with Gasteiger partial charge in [-0.15, -0.1) is 36.2 Å². The van der Waals surface area contributed by atoms with Gasteiger partial charge in [0.05, 0.1) is 10.7 Å². The second kappa shape index (κ2) is 8.74. The Hall–Kier alpha value is -0.360. The van der Waals surface area contributed by atoms with E-state index >= 15 is 0 Å². The van der Waals surface area contributed by atoms with Crippen LogP contribution >= 0.6 is 36.2 Å².